The Bertz CT molecular complexity index is 164. The van der Waals surface area contributed by atoms with Crippen molar-refractivity contribution in [3.05, 3.63) is 0 Å². The molecule has 1 saturated carbocycles. The van der Waals surface area contributed by atoms with Gasteiger partial charge in [-0.3, -0.25) is 4.90 Å². The van der Waals surface area contributed by atoms with E-state index < -0.39 is 0 Å². The average molecular weight is 196 g/mol. The predicted molar refractivity (Wildman–Crippen MR) is 60.5 cm³/mol. The van der Waals surface area contributed by atoms with Crippen LogP contribution in [-0.4, -0.2) is 36.6 Å². The maximum Gasteiger partial charge on any atom is 0.0221 e. The van der Waals surface area contributed by atoms with Gasteiger partial charge in [-0.25, -0.2) is 0 Å². The van der Waals surface area contributed by atoms with Gasteiger partial charge < -0.3 is 5.32 Å². The van der Waals surface area contributed by atoms with E-state index in [2.05, 4.69) is 17.1 Å². The van der Waals surface area contributed by atoms with Gasteiger partial charge in [0, 0.05) is 31.7 Å². The molecule has 1 aliphatic carbocycles. The summed E-state index contributed by atoms with van der Waals surface area (Å²) >= 11 is 0. The zero-order chi connectivity index (χ0) is 9.80. The topological polar surface area (TPSA) is 15.3 Å². The lowest BCUT2D eigenvalue weighted by atomic mass is 9.92. The van der Waals surface area contributed by atoms with Gasteiger partial charge in [0.05, 0.1) is 0 Å². The largest absolute Gasteiger partial charge is 0.314 e. The van der Waals surface area contributed by atoms with Crippen LogP contribution in [0.5, 0.6) is 0 Å². The molecule has 2 aliphatic rings. The molecule has 0 aromatic rings. The van der Waals surface area contributed by atoms with E-state index in [9.17, 15) is 0 Å². The standard InChI is InChI=1S/C12H24N2/c1-2-11-10-13-8-9-14(11)12-6-4-3-5-7-12/h11-13H,2-10H2,1H3/t11-/m1/s1. The molecule has 0 bridgehead atoms. The molecule has 14 heavy (non-hydrogen) atoms. The molecule has 0 amide bonds. The molecule has 1 heterocycles. The molecule has 2 heteroatoms. The van der Waals surface area contributed by atoms with Crippen molar-refractivity contribution < 1.29 is 0 Å². The maximum absolute atomic E-state index is 3.51. The molecule has 2 nitrogen and oxygen atoms in total. The highest BCUT2D eigenvalue weighted by molar-refractivity contribution is 4.85. The monoisotopic (exact) mass is 196 g/mol. The minimum atomic E-state index is 0.812. The fourth-order valence-electron chi connectivity index (χ4n) is 3.05. The predicted octanol–water partition coefficient (Wildman–Crippen LogP) is 2.00. The molecule has 2 fully saturated rings. The normalized spacial score (nSPS) is 31.9. The Labute approximate surface area is 88.1 Å². The van der Waals surface area contributed by atoms with Crippen LogP contribution in [0.25, 0.3) is 0 Å². The van der Waals surface area contributed by atoms with Crippen LogP contribution in [0.1, 0.15) is 45.4 Å². The minimum Gasteiger partial charge on any atom is -0.314 e. The lowest BCUT2D eigenvalue weighted by Gasteiger charge is -2.42. The van der Waals surface area contributed by atoms with Gasteiger partial charge in [0.25, 0.3) is 0 Å². The first-order valence-electron chi connectivity index (χ1n) is 6.38. The molecule has 1 saturated heterocycles. The van der Waals surface area contributed by atoms with Crippen LogP contribution in [-0.2, 0) is 0 Å². The molecule has 0 spiro atoms. The van der Waals surface area contributed by atoms with Gasteiger partial charge in [-0.15, -0.1) is 0 Å². The molecular formula is C12H24N2. The van der Waals surface area contributed by atoms with E-state index in [-0.39, 0.29) is 0 Å². The summed E-state index contributed by atoms with van der Waals surface area (Å²) in [6.45, 7) is 6.02. The lowest BCUT2D eigenvalue weighted by Crippen LogP contribution is -2.55. The second-order valence-corrected chi connectivity index (χ2v) is 4.80. The molecule has 0 aromatic heterocycles. The summed E-state index contributed by atoms with van der Waals surface area (Å²) in [6.07, 6.45) is 8.62. The van der Waals surface area contributed by atoms with Crippen molar-refractivity contribution in [3.8, 4) is 0 Å². The Balaban J connectivity index is 1.91. The highest BCUT2D eigenvalue weighted by Gasteiger charge is 2.28. The fourth-order valence-corrected chi connectivity index (χ4v) is 3.05. The summed E-state index contributed by atoms with van der Waals surface area (Å²) in [4.78, 5) is 2.79. The van der Waals surface area contributed by atoms with E-state index >= 15 is 0 Å². The van der Waals surface area contributed by atoms with Crippen LogP contribution in [0.15, 0.2) is 0 Å². The molecule has 82 valence electrons. The quantitative estimate of drug-likeness (QED) is 0.727. The highest BCUT2D eigenvalue weighted by Crippen LogP contribution is 2.25. The molecule has 1 atom stereocenters. The van der Waals surface area contributed by atoms with Crippen LogP contribution in [0.3, 0.4) is 0 Å². The Hall–Kier alpha value is -0.0800. The number of nitrogens with zero attached hydrogens (tertiary/aromatic N) is 1. The molecule has 1 aliphatic heterocycles. The van der Waals surface area contributed by atoms with E-state index in [4.69, 9.17) is 0 Å². The molecule has 1 N–H and O–H groups in total. The first-order valence-corrected chi connectivity index (χ1v) is 6.38. The third-order valence-corrected chi connectivity index (χ3v) is 3.91. The Morgan fingerprint density at radius 1 is 1.21 bits per heavy atom. The molecular weight excluding hydrogens is 172 g/mol. The summed E-state index contributed by atoms with van der Waals surface area (Å²) in [7, 11) is 0. The number of piperazine rings is 1. The van der Waals surface area contributed by atoms with Gasteiger partial charge in [-0.2, -0.15) is 0 Å². The summed E-state index contributed by atoms with van der Waals surface area (Å²) in [5.41, 5.74) is 0. The fraction of sp³-hybridized carbons (Fsp3) is 1.00. The van der Waals surface area contributed by atoms with Gasteiger partial charge in [0.15, 0.2) is 0 Å². The molecule has 0 aromatic carbocycles. The van der Waals surface area contributed by atoms with E-state index in [1.807, 2.05) is 0 Å². The van der Waals surface area contributed by atoms with E-state index in [1.165, 1.54) is 58.2 Å². The van der Waals surface area contributed by atoms with Crippen molar-refractivity contribution in [2.45, 2.75) is 57.5 Å². The second kappa shape index (κ2) is 5.13. The van der Waals surface area contributed by atoms with Gasteiger partial charge in [0.1, 0.15) is 0 Å². The van der Waals surface area contributed by atoms with Gasteiger partial charge in [0.2, 0.25) is 0 Å². The first kappa shape index (κ1) is 10.4. The van der Waals surface area contributed by atoms with Crippen molar-refractivity contribution in [3.63, 3.8) is 0 Å². The zero-order valence-corrected chi connectivity index (χ0v) is 9.47. The van der Waals surface area contributed by atoms with Crippen molar-refractivity contribution in [2.75, 3.05) is 19.6 Å². The van der Waals surface area contributed by atoms with Crippen molar-refractivity contribution in [1.82, 2.24) is 10.2 Å². The molecule has 0 unspecified atom stereocenters. The van der Waals surface area contributed by atoms with Crippen molar-refractivity contribution in [1.29, 1.82) is 0 Å². The lowest BCUT2D eigenvalue weighted by molar-refractivity contribution is 0.0801. The number of hydrogen-bond donors (Lipinski definition) is 1. The maximum atomic E-state index is 3.51. The van der Waals surface area contributed by atoms with Gasteiger partial charge in [-0.1, -0.05) is 26.2 Å². The Kier molecular flexibility index (Phi) is 3.82. The van der Waals surface area contributed by atoms with E-state index in [0.29, 0.717) is 0 Å². The van der Waals surface area contributed by atoms with Crippen LogP contribution in [0, 0.1) is 0 Å². The highest BCUT2D eigenvalue weighted by atomic mass is 15.2. The van der Waals surface area contributed by atoms with Crippen LogP contribution in [0.2, 0.25) is 0 Å². The summed E-state index contributed by atoms with van der Waals surface area (Å²) in [5, 5.41) is 3.51. The SMILES string of the molecule is CC[C@@H]1CNCCN1C1CCCCC1. The van der Waals surface area contributed by atoms with Gasteiger partial charge >= 0.3 is 0 Å². The van der Waals surface area contributed by atoms with Crippen molar-refractivity contribution in [2.24, 2.45) is 0 Å². The third kappa shape index (κ3) is 2.29. The first-order chi connectivity index (χ1) is 6.92. The molecule has 0 radical (unpaired) electrons. The number of rotatable bonds is 2. The van der Waals surface area contributed by atoms with Crippen LogP contribution >= 0.6 is 0 Å². The zero-order valence-electron chi connectivity index (χ0n) is 9.47. The summed E-state index contributed by atoms with van der Waals surface area (Å²) in [6, 6.07) is 1.72. The van der Waals surface area contributed by atoms with E-state index in [1.54, 1.807) is 0 Å². The summed E-state index contributed by atoms with van der Waals surface area (Å²) in [5.74, 6) is 0. The average Bonchev–Trinajstić information content (AvgIpc) is 2.30. The smallest absolute Gasteiger partial charge is 0.0221 e. The minimum absolute atomic E-state index is 0.812. The van der Waals surface area contributed by atoms with Crippen molar-refractivity contribution >= 4 is 0 Å². The second-order valence-electron chi connectivity index (χ2n) is 4.80. The number of nitrogens with one attached hydrogen (secondary N) is 1. The van der Waals surface area contributed by atoms with Crippen LogP contribution < -0.4 is 5.32 Å². The van der Waals surface area contributed by atoms with Gasteiger partial charge in [-0.05, 0) is 19.3 Å². The Morgan fingerprint density at radius 2 is 2.00 bits per heavy atom. The third-order valence-electron chi connectivity index (χ3n) is 3.91. The van der Waals surface area contributed by atoms with Crippen LogP contribution in [0.4, 0.5) is 0 Å². The Morgan fingerprint density at radius 3 is 2.71 bits per heavy atom. The van der Waals surface area contributed by atoms with E-state index in [0.717, 1.165) is 12.1 Å². The molecule has 2 rings (SSSR count). The number of hydrogen-bond acceptors (Lipinski definition) is 2. The summed E-state index contributed by atoms with van der Waals surface area (Å²) < 4.78 is 0.